The van der Waals surface area contributed by atoms with Crippen molar-refractivity contribution in [2.24, 2.45) is 0 Å². The van der Waals surface area contributed by atoms with E-state index in [1.807, 2.05) is 19.1 Å². The minimum absolute atomic E-state index is 0.128. The van der Waals surface area contributed by atoms with E-state index in [2.05, 4.69) is 6.58 Å². The lowest BCUT2D eigenvalue weighted by Crippen LogP contribution is -2.27. The first-order valence-electron chi connectivity index (χ1n) is 9.13. The minimum Gasteiger partial charge on any atom is -0.490 e. The van der Waals surface area contributed by atoms with Crippen LogP contribution < -0.4 is 9.47 Å². The summed E-state index contributed by atoms with van der Waals surface area (Å²) in [7, 11) is 0. The number of rotatable bonds is 8. The van der Waals surface area contributed by atoms with Gasteiger partial charge in [-0.05, 0) is 42.8 Å². The number of thioether (sulfide) groups is 1. The van der Waals surface area contributed by atoms with Crippen molar-refractivity contribution in [1.82, 2.24) is 4.90 Å². The average Bonchev–Trinajstić information content (AvgIpc) is 2.97. The Morgan fingerprint density at radius 2 is 1.90 bits per heavy atom. The van der Waals surface area contributed by atoms with Gasteiger partial charge in [-0.15, -0.1) is 6.58 Å². The SMILES string of the molecule is C=CCN1C(=O)/C(=C/c2ccc(OCc3c(Cl)cccc3Cl)c(OCC)c2)SC1=S. The third kappa shape index (κ3) is 5.19. The van der Waals surface area contributed by atoms with Gasteiger partial charge in [-0.1, -0.05) is 65.4 Å². The molecule has 156 valence electrons. The molecule has 8 heteroatoms. The standard InChI is InChI=1S/C22H19Cl2NO3S2/c1-3-10-25-21(26)20(30-22(25)29)12-14-8-9-18(19(11-14)27-4-2)28-13-15-16(23)6-5-7-17(15)24/h3,5-9,11-12H,1,4,10,13H2,2H3/b20-12-. The number of thiocarbonyl (C=S) groups is 1. The summed E-state index contributed by atoms with van der Waals surface area (Å²) in [5.41, 5.74) is 1.51. The quantitative estimate of drug-likeness (QED) is 0.250. The van der Waals surface area contributed by atoms with Gasteiger partial charge < -0.3 is 9.47 Å². The van der Waals surface area contributed by atoms with E-state index >= 15 is 0 Å². The number of hydrogen-bond acceptors (Lipinski definition) is 5. The highest BCUT2D eigenvalue weighted by molar-refractivity contribution is 8.26. The summed E-state index contributed by atoms with van der Waals surface area (Å²) in [6.07, 6.45) is 3.44. The van der Waals surface area contributed by atoms with Crippen molar-refractivity contribution >= 4 is 63.5 Å². The third-order valence-corrected chi connectivity index (χ3v) is 6.27. The molecule has 2 aromatic carbocycles. The lowest BCUT2D eigenvalue weighted by Gasteiger charge is -2.14. The summed E-state index contributed by atoms with van der Waals surface area (Å²) < 4.78 is 12.2. The smallest absolute Gasteiger partial charge is 0.266 e. The second-order valence-electron chi connectivity index (χ2n) is 6.21. The molecule has 0 spiro atoms. The fourth-order valence-electron chi connectivity index (χ4n) is 2.76. The second kappa shape index (κ2) is 10.4. The van der Waals surface area contributed by atoms with Crippen LogP contribution in [0.1, 0.15) is 18.1 Å². The largest absolute Gasteiger partial charge is 0.490 e. The zero-order valence-electron chi connectivity index (χ0n) is 16.2. The molecule has 30 heavy (non-hydrogen) atoms. The second-order valence-corrected chi connectivity index (χ2v) is 8.70. The van der Waals surface area contributed by atoms with Gasteiger partial charge in [0.2, 0.25) is 0 Å². The number of carbonyl (C=O) groups excluding carboxylic acids is 1. The molecule has 2 aromatic rings. The Balaban J connectivity index is 1.82. The summed E-state index contributed by atoms with van der Waals surface area (Å²) in [5.74, 6) is 0.997. The number of ether oxygens (including phenoxy) is 2. The van der Waals surface area contributed by atoms with Gasteiger partial charge in [0.25, 0.3) is 5.91 Å². The topological polar surface area (TPSA) is 38.8 Å². The van der Waals surface area contributed by atoms with E-state index in [0.29, 0.717) is 49.5 Å². The van der Waals surface area contributed by atoms with Gasteiger partial charge in [-0.3, -0.25) is 9.69 Å². The van der Waals surface area contributed by atoms with Crippen LogP contribution >= 0.6 is 47.2 Å². The molecule has 1 saturated heterocycles. The first-order valence-corrected chi connectivity index (χ1v) is 11.1. The molecule has 0 N–H and O–H groups in total. The number of benzene rings is 2. The van der Waals surface area contributed by atoms with E-state index in [1.54, 1.807) is 36.4 Å². The van der Waals surface area contributed by atoms with Gasteiger partial charge in [0, 0.05) is 22.2 Å². The maximum Gasteiger partial charge on any atom is 0.266 e. The summed E-state index contributed by atoms with van der Waals surface area (Å²) in [5, 5.41) is 1.08. The molecule has 0 atom stereocenters. The lowest BCUT2D eigenvalue weighted by atomic mass is 10.1. The van der Waals surface area contributed by atoms with Crippen molar-refractivity contribution in [3.63, 3.8) is 0 Å². The third-order valence-electron chi connectivity index (χ3n) is 4.18. The van der Waals surface area contributed by atoms with Gasteiger partial charge in [-0.25, -0.2) is 0 Å². The first-order chi connectivity index (χ1) is 14.4. The average molecular weight is 480 g/mol. The van der Waals surface area contributed by atoms with Crippen LogP contribution in [0.3, 0.4) is 0 Å². The van der Waals surface area contributed by atoms with Gasteiger partial charge in [-0.2, -0.15) is 0 Å². The molecule has 4 nitrogen and oxygen atoms in total. The molecule has 0 radical (unpaired) electrons. The summed E-state index contributed by atoms with van der Waals surface area (Å²) in [6, 6.07) is 10.8. The fourth-order valence-corrected chi connectivity index (χ4v) is 4.54. The Hall–Kier alpha value is -1.99. The van der Waals surface area contributed by atoms with Crippen molar-refractivity contribution in [1.29, 1.82) is 0 Å². The molecule has 3 rings (SSSR count). The molecule has 1 amide bonds. The zero-order valence-corrected chi connectivity index (χ0v) is 19.3. The number of hydrogen-bond donors (Lipinski definition) is 0. The molecule has 1 aliphatic heterocycles. The van der Waals surface area contributed by atoms with E-state index in [1.165, 1.54) is 16.7 Å². The van der Waals surface area contributed by atoms with Crippen molar-refractivity contribution in [2.75, 3.05) is 13.2 Å². The van der Waals surface area contributed by atoms with Gasteiger partial charge >= 0.3 is 0 Å². The Bertz CT molecular complexity index is 1000. The van der Waals surface area contributed by atoms with E-state index < -0.39 is 0 Å². The highest BCUT2D eigenvalue weighted by Crippen LogP contribution is 2.35. The van der Waals surface area contributed by atoms with E-state index in [9.17, 15) is 4.79 Å². The van der Waals surface area contributed by atoms with Gasteiger partial charge in [0.1, 0.15) is 10.9 Å². The van der Waals surface area contributed by atoms with Crippen LogP contribution in [0, 0.1) is 0 Å². The lowest BCUT2D eigenvalue weighted by molar-refractivity contribution is -0.121. The number of nitrogens with zero attached hydrogens (tertiary/aromatic N) is 1. The van der Waals surface area contributed by atoms with E-state index in [4.69, 9.17) is 44.9 Å². The Labute approximate surface area is 195 Å². The first kappa shape index (κ1) is 22.7. The van der Waals surface area contributed by atoms with Crippen molar-refractivity contribution in [2.45, 2.75) is 13.5 Å². The maximum absolute atomic E-state index is 12.5. The molecule has 0 saturated carbocycles. The molecule has 0 aliphatic carbocycles. The number of amides is 1. The van der Waals surface area contributed by atoms with Crippen LogP contribution in [-0.2, 0) is 11.4 Å². The molecule has 1 fully saturated rings. The fraction of sp³-hybridized carbons (Fsp3) is 0.182. The molecular formula is C22H19Cl2NO3S2. The Kier molecular flexibility index (Phi) is 7.83. The predicted octanol–water partition coefficient (Wildman–Crippen LogP) is 6.36. The van der Waals surface area contributed by atoms with Crippen molar-refractivity contribution in [3.05, 3.63) is 75.1 Å². The monoisotopic (exact) mass is 479 g/mol. The number of carbonyl (C=O) groups is 1. The Morgan fingerprint density at radius 3 is 2.57 bits per heavy atom. The van der Waals surface area contributed by atoms with Crippen molar-refractivity contribution in [3.8, 4) is 11.5 Å². The summed E-state index contributed by atoms with van der Waals surface area (Å²) >= 11 is 19.0. The van der Waals surface area contributed by atoms with Gasteiger partial charge in [0.05, 0.1) is 11.5 Å². The van der Waals surface area contributed by atoms with E-state index in [-0.39, 0.29) is 12.5 Å². The van der Waals surface area contributed by atoms with Crippen LogP contribution in [0.4, 0.5) is 0 Å². The molecular weight excluding hydrogens is 461 g/mol. The molecule has 0 bridgehead atoms. The van der Waals surface area contributed by atoms with Crippen LogP contribution in [-0.4, -0.2) is 28.3 Å². The van der Waals surface area contributed by atoms with Crippen LogP contribution in [0.15, 0.2) is 54.0 Å². The van der Waals surface area contributed by atoms with Crippen LogP contribution in [0.5, 0.6) is 11.5 Å². The van der Waals surface area contributed by atoms with E-state index in [0.717, 1.165) is 5.56 Å². The van der Waals surface area contributed by atoms with Crippen molar-refractivity contribution < 1.29 is 14.3 Å². The zero-order chi connectivity index (χ0) is 21.7. The summed E-state index contributed by atoms with van der Waals surface area (Å²) in [6.45, 7) is 6.62. The van der Waals surface area contributed by atoms with Crippen LogP contribution in [0.2, 0.25) is 10.0 Å². The molecule has 0 unspecified atom stereocenters. The minimum atomic E-state index is -0.128. The van der Waals surface area contributed by atoms with Crippen LogP contribution in [0.25, 0.3) is 6.08 Å². The summed E-state index contributed by atoms with van der Waals surface area (Å²) in [4.78, 5) is 14.6. The Morgan fingerprint density at radius 1 is 1.17 bits per heavy atom. The number of halogens is 2. The predicted molar refractivity (Wildman–Crippen MR) is 128 cm³/mol. The van der Waals surface area contributed by atoms with Gasteiger partial charge in [0.15, 0.2) is 11.5 Å². The maximum atomic E-state index is 12.5. The normalized spacial score (nSPS) is 15.0. The highest BCUT2D eigenvalue weighted by atomic mass is 35.5. The molecule has 1 heterocycles. The molecule has 1 aliphatic rings. The molecule has 0 aromatic heterocycles. The highest BCUT2D eigenvalue weighted by Gasteiger charge is 2.31.